The van der Waals surface area contributed by atoms with Gasteiger partial charge in [-0.3, -0.25) is 0 Å². The number of hydrogen-bond donors (Lipinski definition) is 0. The van der Waals surface area contributed by atoms with Gasteiger partial charge in [-0.15, -0.1) is 0 Å². The quantitative estimate of drug-likeness (QED) is 0.210. The van der Waals surface area contributed by atoms with E-state index in [4.69, 9.17) is 0 Å². The van der Waals surface area contributed by atoms with Crippen molar-refractivity contribution in [3.05, 3.63) is 112 Å². The van der Waals surface area contributed by atoms with E-state index in [9.17, 15) is 19.3 Å². The molecular formula is C32H16F2N6. The van der Waals surface area contributed by atoms with Crippen molar-refractivity contribution in [1.82, 2.24) is 9.97 Å². The molecule has 1 atom stereocenters. The van der Waals surface area contributed by atoms with Crippen LogP contribution in [0.5, 0.6) is 0 Å². The molecule has 0 bridgehead atoms. The van der Waals surface area contributed by atoms with Crippen molar-refractivity contribution in [2.45, 2.75) is 12.3 Å². The maximum atomic E-state index is 13.4. The molecule has 8 heteroatoms. The first-order valence-electron chi connectivity index (χ1n) is 12.5. The SMILES string of the molecule is N#C/N=c1\c2c(c3cc4/c(=N/C#N)c5cc(-c6ccc(F)nc6)ccc5c4cc13)C=CC(c1ccc(F)nc1)C2. The van der Waals surface area contributed by atoms with Crippen molar-refractivity contribution in [2.24, 2.45) is 9.98 Å². The Balaban J connectivity index is 1.48. The molecule has 0 aliphatic heterocycles. The molecular weight excluding hydrogens is 506 g/mol. The Kier molecular flexibility index (Phi) is 5.29. The van der Waals surface area contributed by atoms with Crippen molar-refractivity contribution >= 4 is 38.4 Å². The van der Waals surface area contributed by atoms with E-state index in [-0.39, 0.29) is 5.92 Å². The van der Waals surface area contributed by atoms with Gasteiger partial charge < -0.3 is 0 Å². The molecule has 0 fully saturated rings. The lowest BCUT2D eigenvalue weighted by atomic mass is 9.87. The molecule has 6 nitrogen and oxygen atoms in total. The summed E-state index contributed by atoms with van der Waals surface area (Å²) in [5, 5.41) is 25.4. The Hall–Kier alpha value is -5.60. The zero-order valence-corrected chi connectivity index (χ0v) is 20.7. The minimum atomic E-state index is -0.556. The summed E-state index contributed by atoms with van der Waals surface area (Å²) in [5.41, 5.74) is 4.35. The second-order valence-electron chi connectivity index (χ2n) is 9.67. The molecule has 0 N–H and O–H groups in total. The third kappa shape index (κ3) is 3.58. The highest BCUT2D eigenvalue weighted by Gasteiger charge is 2.24. The van der Waals surface area contributed by atoms with Gasteiger partial charge in [0.05, 0.1) is 10.7 Å². The van der Waals surface area contributed by atoms with Crippen LogP contribution in [0.25, 0.3) is 49.5 Å². The van der Waals surface area contributed by atoms with Crippen LogP contribution in [0, 0.1) is 34.8 Å². The van der Waals surface area contributed by atoms with Gasteiger partial charge in [0.2, 0.25) is 24.3 Å². The summed E-state index contributed by atoms with van der Waals surface area (Å²) in [6, 6.07) is 15.9. The van der Waals surface area contributed by atoms with Gasteiger partial charge in [-0.2, -0.15) is 29.3 Å². The van der Waals surface area contributed by atoms with E-state index < -0.39 is 11.9 Å². The first-order valence-corrected chi connectivity index (χ1v) is 12.5. The smallest absolute Gasteiger partial charge is 0.212 e. The van der Waals surface area contributed by atoms with Crippen molar-refractivity contribution in [3.63, 3.8) is 0 Å². The Morgan fingerprint density at radius 1 is 0.700 bits per heavy atom. The highest BCUT2D eigenvalue weighted by atomic mass is 19.1. The number of nitriles is 2. The average molecular weight is 523 g/mol. The van der Waals surface area contributed by atoms with E-state index in [1.807, 2.05) is 48.8 Å². The van der Waals surface area contributed by atoms with Gasteiger partial charge in [0.1, 0.15) is 0 Å². The Bertz CT molecular complexity index is 2230. The van der Waals surface area contributed by atoms with Crippen LogP contribution in [-0.4, -0.2) is 9.97 Å². The topological polar surface area (TPSA) is 98.1 Å². The van der Waals surface area contributed by atoms with Gasteiger partial charge in [0, 0.05) is 40.0 Å². The number of fused-ring (bicyclic) bond motifs is 6. The Labute approximate surface area is 225 Å². The van der Waals surface area contributed by atoms with Gasteiger partial charge in [-0.1, -0.05) is 30.4 Å². The number of nitrogens with zero attached hydrogens (tertiary/aromatic N) is 6. The summed E-state index contributed by atoms with van der Waals surface area (Å²) >= 11 is 0. The lowest BCUT2D eigenvalue weighted by Gasteiger charge is -2.17. The molecule has 2 heterocycles. The molecule has 188 valence electrons. The lowest BCUT2D eigenvalue weighted by molar-refractivity contribution is 0.581. The van der Waals surface area contributed by atoms with Crippen LogP contribution in [0.2, 0.25) is 0 Å². The molecule has 0 saturated carbocycles. The predicted molar refractivity (Wildman–Crippen MR) is 147 cm³/mol. The van der Waals surface area contributed by atoms with E-state index in [2.05, 4.69) is 26.0 Å². The zero-order chi connectivity index (χ0) is 27.4. The second kappa shape index (κ2) is 9.00. The van der Waals surface area contributed by atoms with Crippen LogP contribution in [0.15, 0.2) is 83.1 Å². The van der Waals surface area contributed by atoms with E-state index >= 15 is 0 Å². The van der Waals surface area contributed by atoms with Gasteiger partial charge in [0.25, 0.3) is 0 Å². The number of allylic oxidation sites excluding steroid dienone is 1. The number of pyridine rings is 2. The summed E-state index contributed by atoms with van der Waals surface area (Å²) < 4.78 is 26.8. The molecule has 6 aromatic rings. The largest absolute Gasteiger partial charge is 0.228 e. The maximum absolute atomic E-state index is 13.4. The Morgan fingerprint density at radius 3 is 2.10 bits per heavy atom. The van der Waals surface area contributed by atoms with Gasteiger partial charge in [0.15, 0.2) is 0 Å². The molecule has 0 saturated heterocycles. The molecule has 40 heavy (non-hydrogen) atoms. The highest BCUT2D eigenvalue weighted by molar-refractivity contribution is 6.17. The van der Waals surface area contributed by atoms with E-state index in [0.717, 1.165) is 60.1 Å². The molecule has 1 aliphatic carbocycles. The lowest BCUT2D eigenvalue weighted by Crippen LogP contribution is -2.13. The molecule has 4 aromatic carbocycles. The number of rotatable bonds is 2. The third-order valence-corrected chi connectivity index (χ3v) is 7.62. The molecule has 0 radical (unpaired) electrons. The third-order valence-electron chi connectivity index (χ3n) is 7.62. The van der Waals surface area contributed by atoms with Crippen LogP contribution in [-0.2, 0) is 6.42 Å². The predicted octanol–water partition coefficient (Wildman–Crippen LogP) is 5.87. The van der Waals surface area contributed by atoms with E-state index in [1.54, 1.807) is 12.1 Å². The minimum absolute atomic E-state index is 0.0345. The van der Waals surface area contributed by atoms with Crippen LogP contribution in [0.3, 0.4) is 0 Å². The minimum Gasteiger partial charge on any atom is -0.228 e. The van der Waals surface area contributed by atoms with Crippen molar-refractivity contribution < 1.29 is 8.78 Å². The van der Waals surface area contributed by atoms with Crippen LogP contribution in [0.1, 0.15) is 22.6 Å². The van der Waals surface area contributed by atoms with Crippen LogP contribution in [0.4, 0.5) is 8.78 Å². The van der Waals surface area contributed by atoms with Gasteiger partial charge in [-0.05, 0) is 81.2 Å². The first kappa shape index (κ1) is 23.5. The number of hydrogen-bond acceptors (Lipinski definition) is 6. The zero-order valence-electron chi connectivity index (χ0n) is 20.7. The van der Waals surface area contributed by atoms with Crippen molar-refractivity contribution in [2.75, 3.05) is 0 Å². The summed E-state index contributed by atoms with van der Waals surface area (Å²) in [6.45, 7) is 0. The fourth-order valence-corrected chi connectivity index (χ4v) is 5.82. The van der Waals surface area contributed by atoms with Gasteiger partial charge in [-0.25, -0.2) is 9.97 Å². The molecule has 0 amide bonds. The number of benzene rings is 2. The molecule has 7 rings (SSSR count). The number of aromatic nitrogens is 2. The molecule has 0 spiro atoms. The van der Waals surface area contributed by atoms with Crippen LogP contribution >= 0.6 is 0 Å². The summed E-state index contributed by atoms with van der Waals surface area (Å²) in [4.78, 5) is 16.0. The summed E-state index contributed by atoms with van der Waals surface area (Å²) in [7, 11) is 0. The standard InChI is InChI=1S/C32H16F2N6/c33-29-7-3-19(13-37-29)17-1-5-21-23-11-28-24(12-27(23)31(39-15-35)25(21)9-17)22-6-2-18(10-26(22)32(28)40-16-36)20-4-8-30(34)38-14-20/h1-9,11-14,18H,10H2/b39-31+,40-32+. The fourth-order valence-electron chi connectivity index (χ4n) is 5.82. The monoisotopic (exact) mass is 522 g/mol. The fraction of sp³-hybridized carbons (Fsp3) is 0.0625. The van der Waals surface area contributed by atoms with Crippen LogP contribution < -0.4 is 10.7 Å². The first-order chi connectivity index (χ1) is 19.6. The van der Waals surface area contributed by atoms with E-state index in [1.165, 1.54) is 24.5 Å². The Morgan fingerprint density at radius 2 is 1.38 bits per heavy atom. The number of halogens is 2. The average Bonchev–Trinajstić information content (AvgIpc) is 3.44. The molecule has 1 aliphatic rings. The van der Waals surface area contributed by atoms with Gasteiger partial charge >= 0.3 is 0 Å². The van der Waals surface area contributed by atoms with Crippen molar-refractivity contribution in [3.8, 4) is 23.5 Å². The summed E-state index contributed by atoms with van der Waals surface area (Å²) in [6.07, 6.45) is 11.6. The molecule has 2 aromatic heterocycles. The van der Waals surface area contributed by atoms with E-state index in [0.29, 0.717) is 17.1 Å². The highest BCUT2D eigenvalue weighted by Crippen LogP contribution is 2.37. The summed E-state index contributed by atoms with van der Waals surface area (Å²) in [5.74, 6) is -1.12. The maximum Gasteiger partial charge on any atom is 0.212 e. The normalized spacial score (nSPS) is 15.6. The second-order valence-corrected chi connectivity index (χ2v) is 9.67. The van der Waals surface area contributed by atoms with Crippen molar-refractivity contribution in [1.29, 1.82) is 10.5 Å². The molecule has 1 unspecified atom stereocenters.